The minimum atomic E-state index is -7.32. The number of unbranched alkanes of at least 4 members (excludes halogenated alkanes) is 7. The highest BCUT2D eigenvalue weighted by Crippen LogP contribution is 2.58. The molecule has 0 amide bonds. The average Bonchev–Trinajstić information content (AvgIpc) is 3.18. The third kappa shape index (κ3) is 7.07. The summed E-state index contributed by atoms with van der Waals surface area (Å²) in [5.74, 6) is -27.3. The third-order valence-electron chi connectivity index (χ3n) is 5.18. The van der Waals surface area contributed by atoms with E-state index in [-0.39, 0.29) is 12.7 Å². The molecule has 0 radical (unpaired) electrons. The number of ether oxygens (including phenoxy) is 2. The number of hydrogen-bond acceptors (Lipinski definition) is 2. The van der Waals surface area contributed by atoms with Gasteiger partial charge in [-0.2, -0.15) is 48.3 Å². The van der Waals surface area contributed by atoms with Gasteiger partial charge in [0.15, 0.2) is 6.29 Å². The fourth-order valence-electron chi connectivity index (χ4n) is 3.17. The third-order valence-corrected chi connectivity index (χ3v) is 5.18. The Labute approximate surface area is 178 Å². The molecule has 13 heteroatoms. The summed E-state index contributed by atoms with van der Waals surface area (Å²) in [5, 5.41) is 0. The van der Waals surface area contributed by atoms with Crippen molar-refractivity contribution in [2.75, 3.05) is 13.2 Å². The molecule has 0 aliphatic carbocycles. The van der Waals surface area contributed by atoms with Crippen molar-refractivity contribution in [3.05, 3.63) is 0 Å². The van der Waals surface area contributed by atoms with Gasteiger partial charge in [0, 0.05) is 26.1 Å². The lowest BCUT2D eigenvalue weighted by molar-refractivity contribution is -0.422. The van der Waals surface area contributed by atoms with Crippen LogP contribution >= 0.6 is 0 Å². The molecule has 0 aromatic rings. The van der Waals surface area contributed by atoms with Crippen LogP contribution in [0.3, 0.4) is 0 Å². The molecule has 1 aliphatic heterocycles. The minimum Gasteiger partial charge on any atom is -0.353 e. The summed E-state index contributed by atoms with van der Waals surface area (Å²) >= 11 is 0. The second-order valence-corrected chi connectivity index (χ2v) is 7.82. The molecule has 0 saturated carbocycles. The molecule has 1 heterocycles. The molecule has 1 rings (SSSR count). The lowest BCUT2D eigenvalue weighted by Crippen LogP contribution is -2.66. The van der Waals surface area contributed by atoms with Crippen LogP contribution in [0.4, 0.5) is 48.3 Å². The number of alkyl halides is 11. The summed E-state index contributed by atoms with van der Waals surface area (Å²) < 4.78 is 152. The Morgan fingerprint density at radius 1 is 0.625 bits per heavy atom. The lowest BCUT2D eigenvalue weighted by atomic mass is 9.94. The summed E-state index contributed by atoms with van der Waals surface area (Å²) in [5.41, 5.74) is 0. The largest absolute Gasteiger partial charge is 0.460 e. The molecule has 0 spiro atoms. The number of rotatable bonds is 15. The van der Waals surface area contributed by atoms with Crippen molar-refractivity contribution < 1.29 is 57.8 Å². The van der Waals surface area contributed by atoms with Crippen LogP contribution in [0.15, 0.2) is 0 Å². The molecule has 1 unspecified atom stereocenters. The fraction of sp³-hybridized carbons (Fsp3) is 1.00. The molecular formula is C19H27F11O2. The summed E-state index contributed by atoms with van der Waals surface area (Å²) in [4.78, 5) is 0. The van der Waals surface area contributed by atoms with Crippen molar-refractivity contribution >= 4 is 0 Å². The van der Waals surface area contributed by atoms with Gasteiger partial charge in [-0.1, -0.05) is 38.5 Å². The van der Waals surface area contributed by atoms with E-state index in [1.165, 1.54) is 0 Å². The molecule has 0 N–H and O–H groups in total. The van der Waals surface area contributed by atoms with Crippen molar-refractivity contribution in [2.24, 2.45) is 0 Å². The second kappa shape index (κ2) is 11.5. The maximum absolute atomic E-state index is 13.5. The summed E-state index contributed by atoms with van der Waals surface area (Å²) in [6.07, 6.45) is -4.29. The maximum atomic E-state index is 13.5. The van der Waals surface area contributed by atoms with Gasteiger partial charge in [-0.25, -0.2) is 0 Å². The van der Waals surface area contributed by atoms with Crippen LogP contribution in [0.25, 0.3) is 0 Å². The van der Waals surface area contributed by atoms with Crippen molar-refractivity contribution in [1.82, 2.24) is 0 Å². The molecule has 192 valence electrons. The SMILES string of the molecule is FC(F)(F)C(F)(F)C(F)(F)C(F)(F)C(F)(F)CCCCCCCCCCOC1CCCO1. The van der Waals surface area contributed by atoms with E-state index in [0.29, 0.717) is 32.5 Å². The molecular weight excluding hydrogens is 469 g/mol. The van der Waals surface area contributed by atoms with E-state index in [9.17, 15) is 48.3 Å². The van der Waals surface area contributed by atoms with E-state index in [0.717, 1.165) is 32.1 Å². The van der Waals surface area contributed by atoms with Gasteiger partial charge in [0.1, 0.15) is 0 Å². The Morgan fingerprint density at radius 2 is 1.12 bits per heavy atom. The van der Waals surface area contributed by atoms with E-state index >= 15 is 0 Å². The van der Waals surface area contributed by atoms with Crippen LogP contribution in [0.5, 0.6) is 0 Å². The topological polar surface area (TPSA) is 18.5 Å². The van der Waals surface area contributed by atoms with Crippen LogP contribution in [0.1, 0.15) is 70.6 Å². The first-order valence-electron chi connectivity index (χ1n) is 10.4. The molecule has 0 aromatic carbocycles. The van der Waals surface area contributed by atoms with Crippen molar-refractivity contribution in [3.63, 3.8) is 0 Å². The molecule has 2 nitrogen and oxygen atoms in total. The van der Waals surface area contributed by atoms with E-state index in [2.05, 4.69) is 0 Å². The summed E-state index contributed by atoms with van der Waals surface area (Å²) in [6.45, 7) is 1.21. The summed E-state index contributed by atoms with van der Waals surface area (Å²) in [6, 6.07) is 0. The molecule has 0 bridgehead atoms. The van der Waals surface area contributed by atoms with E-state index in [1.807, 2.05) is 0 Å². The molecule has 1 fully saturated rings. The molecule has 1 saturated heterocycles. The van der Waals surface area contributed by atoms with Crippen LogP contribution in [0.2, 0.25) is 0 Å². The average molecular weight is 496 g/mol. The van der Waals surface area contributed by atoms with Gasteiger partial charge in [-0.05, 0) is 19.3 Å². The van der Waals surface area contributed by atoms with Crippen LogP contribution in [-0.2, 0) is 9.47 Å². The van der Waals surface area contributed by atoms with Crippen LogP contribution in [-0.4, -0.2) is 49.4 Å². The van der Waals surface area contributed by atoms with Gasteiger partial charge in [-0.3, -0.25) is 0 Å². The first-order chi connectivity index (χ1) is 14.6. The Hall–Kier alpha value is -0.850. The quantitative estimate of drug-likeness (QED) is 0.170. The standard InChI is InChI=1S/C19H27F11O2/c20-15(21,16(22,23)17(24,25)18(26,27)19(28,29)30)11-7-5-3-1-2-4-6-8-12-31-14-10-9-13-32-14/h14H,1-13H2. The van der Waals surface area contributed by atoms with E-state index in [4.69, 9.17) is 9.47 Å². The summed E-state index contributed by atoms with van der Waals surface area (Å²) in [7, 11) is 0. The zero-order chi connectivity index (χ0) is 24.7. The smallest absolute Gasteiger partial charge is 0.353 e. The van der Waals surface area contributed by atoms with Gasteiger partial charge < -0.3 is 9.47 Å². The highest BCUT2D eigenvalue weighted by atomic mass is 19.4. The van der Waals surface area contributed by atoms with Gasteiger partial charge >= 0.3 is 29.9 Å². The first kappa shape index (κ1) is 29.2. The van der Waals surface area contributed by atoms with Gasteiger partial charge in [0.05, 0.1) is 0 Å². The molecule has 1 atom stereocenters. The Balaban J connectivity index is 2.27. The minimum absolute atomic E-state index is 0.0883. The van der Waals surface area contributed by atoms with E-state index in [1.54, 1.807) is 0 Å². The first-order valence-corrected chi connectivity index (χ1v) is 10.4. The van der Waals surface area contributed by atoms with Crippen molar-refractivity contribution in [3.8, 4) is 0 Å². The Morgan fingerprint density at radius 3 is 1.59 bits per heavy atom. The molecule has 32 heavy (non-hydrogen) atoms. The highest BCUT2D eigenvalue weighted by molar-refractivity contribution is 5.06. The maximum Gasteiger partial charge on any atom is 0.460 e. The Bertz CT molecular complexity index is 544. The zero-order valence-electron chi connectivity index (χ0n) is 17.2. The predicted octanol–water partition coefficient (Wildman–Crippen LogP) is 7.75. The Kier molecular flexibility index (Phi) is 10.5. The monoisotopic (exact) mass is 496 g/mol. The fourth-order valence-corrected chi connectivity index (χ4v) is 3.17. The van der Waals surface area contributed by atoms with Crippen molar-refractivity contribution in [1.29, 1.82) is 0 Å². The zero-order valence-corrected chi connectivity index (χ0v) is 17.2. The van der Waals surface area contributed by atoms with E-state index < -0.39 is 42.7 Å². The normalized spacial score (nSPS) is 19.0. The van der Waals surface area contributed by atoms with Crippen LogP contribution in [0, 0.1) is 0 Å². The number of hydrogen-bond donors (Lipinski definition) is 0. The molecule has 1 aliphatic rings. The van der Waals surface area contributed by atoms with Gasteiger partial charge in [-0.15, -0.1) is 0 Å². The van der Waals surface area contributed by atoms with Gasteiger partial charge in [0.25, 0.3) is 0 Å². The van der Waals surface area contributed by atoms with Gasteiger partial charge in [0.2, 0.25) is 0 Å². The van der Waals surface area contributed by atoms with Crippen molar-refractivity contribution in [2.45, 2.75) is 107 Å². The lowest BCUT2D eigenvalue weighted by Gasteiger charge is -2.37. The highest BCUT2D eigenvalue weighted by Gasteiger charge is 2.86. The number of halogens is 11. The predicted molar refractivity (Wildman–Crippen MR) is 92.3 cm³/mol. The second-order valence-electron chi connectivity index (χ2n) is 7.82. The van der Waals surface area contributed by atoms with Crippen LogP contribution < -0.4 is 0 Å². The molecule has 0 aromatic heterocycles.